The lowest BCUT2D eigenvalue weighted by Crippen LogP contribution is -2.30. The number of carbonyl (C=O) groups is 1. The Morgan fingerprint density at radius 3 is 2.50 bits per heavy atom. The number of hydrogen-bond donors (Lipinski definition) is 0. The first kappa shape index (κ1) is 26.1. The van der Waals surface area contributed by atoms with Gasteiger partial charge in [0.25, 0.3) is 5.91 Å². The van der Waals surface area contributed by atoms with E-state index in [-0.39, 0.29) is 17.1 Å². The smallest absolute Gasteiger partial charge is 0.290 e. The van der Waals surface area contributed by atoms with Crippen LogP contribution in [0.2, 0.25) is 5.02 Å². The van der Waals surface area contributed by atoms with Crippen LogP contribution in [-0.2, 0) is 0 Å². The van der Waals surface area contributed by atoms with Gasteiger partial charge in [0.1, 0.15) is 5.58 Å². The summed E-state index contributed by atoms with van der Waals surface area (Å²) < 4.78 is 17.7. The molecule has 36 heavy (non-hydrogen) atoms. The summed E-state index contributed by atoms with van der Waals surface area (Å²) in [6.45, 7) is 7.21. The Labute approximate surface area is 217 Å². The van der Waals surface area contributed by atoms with Crippen molar-refractivity contribution in [3.05, 3.63) is 68.0 Å². The first-order valence-corrected chi connectivity index (χ1v) is 13.2. The zero-order valence-electron chi connectivity index (χ0n) is 21.5. The van der Waals surface area contributed by atoms with E-state index in [2.05, 4.69) is 13.8 Å². The third-order valence-corrected chi connectivity index (χ3v) is 7.17. The number of aryl methyl sites for hydroxylation is 1. The van der Waals surface area contributed by atoms with Gasteiger partial charge >= 0.3 is 0 Å². The van der Waals surface area contributed by atoms with Crippen LogP contribution in [0, 0.1) is 6.92 Å². The standard InChI is InChI=1S/C29H34ClNO5/c1-5-7-9-10-14-35-22-12-11-19(16-24(22)34-4)26-25-27(32)20-17-21(30)18(3)15-23(20)36-28(25)29(33)31(26)13-8-6-2/h11-12,15-17,26H,5-10,13-14H2,1-4H3. The Hall–Kier alpha value is -2.99. The summed E-state index contributed by atoms with van der Waals surface area (Å²) in [7, 11) is 1.60. The molecule has 0 radical (unpaired) electrons. The van der Waals surface area contributed by atoms with Gasteiger partial charge in [-0.25, -0.2) is 0 Å². The van der Waals surface area contributed by atoms with Gasteiger partial charge in [0.05, 0.1) is 30.7 Å². The number of hydrogen-bond acceptors (Lipinski definition) is 5. The lowest BCUT2D eigenvalue weighted by atomic mass is 9.97. The monoisotopic (exact) mass is 511 g/mol. The van der Waals surface area contributed by atoms with Gasteiger partial charge in [-0.1, -0.05) is 57.2 Å². The minimum Gasteiger partial charge on any atom is -0.493 e. The van der Waals surface area contributed by atoms with E-state index in [1.54, 1.807) is 24.1 Å². The van der Waals surface area contributed by atoms with Gasteiger partial charge in [0.15, 0.2) is 16.9 Å². The number of rotatable bonds is 11. The molecule has 0 N–H and O–H groups in total. The van der Waals surface area contributed by atoms with Crippen molar-refractivity contribution in [3.8, 4) is 11.5 Å². The van der Waals surface area contributed by atoms with Crippen molar-refractivity contribution >= 4 is 28.5 Å². The van der Waals surface area contributed by atoms with Crippen molar-refractivity contribution in [3.63, 3.8) is 0 Å². The molecule has 0 saturated heterocycles. The van der Waals surface area contributed by atoms with Crippen molar-refractivity contribution in [1.29, 1.82) is 0 Å². The van der Waals surface area contributed by atoms with Gasteiger partial charge in [-0.15, -0.1) is 0 Å². The van der Waals surface area contributed by atoms with Gasteiger partial charge in [-0.2, -0.15) is 0 Å². The number of carbonyl (C=O) groups excluding carboxylic acids is 1. The Balaban J connectivity index is 1.78. The zero-order chi connectivity index (χ0) is 25.8. The first-order valence-electron chi connectivity index (χ1n) is 12.8. The number of nitrogens with zero attached hydrogens (tertiary/aromatic N) is 1. The summed E-state index contributed by atoms with van der Waals surface area (Å²) in [5.74, 6) is 1.05. The van der Waals surface area contributed by atoms with E-state index in [1.807, 2.05) is 25.1 Å². The zero-order valence-corrected chi connectivity index (χ0v) is 22.2. The van der Waals surface area contributed by atoms with Crippen LogP contribution in [0.3, 0.4) is 0 Å². The van der Waals surface area contributed by atoms with Crippen LogP contribution in [0.4, 0.5) is 0 Å². The molecule has 2 heterocycles. The molecule has 1 unspecified atom stereocenters. The van der Waals surface area contributed by atoms with E-state index in [0.717, 1.165) is 36.8 Å². The Bertz CT molecular complexity index is 1320. The predicted octanol–water partition coefficient (Wildman–Crippen LogP) is 7.07. The number of fused-ring (bicyclic) bond motifs is 2. The van der Waals surface area contributed by atoms with Crippen molar-refractivity contribution in [1.82, 2.24) is 4.90 Å². The SMILES string of the molecule is CCCCCCOc1ccc(C2c3c(oc4cc(C)c(Cl)cc4c3=O)C(=O)N2CCCC)cc1OC. The Morgan fingerprint density at radius 1 is 1.00 bits per heavy atom. The Kier molecular flexibility index (Phi) is 8.24. The molecule has 4 rings (SSSR count). The maximum absolute atomic E-state index is 13.7. The van der Waals surface area contributed by atoms with Crippen LogP contribution in [-0.4, -0.2) is 31.1 Å². The molecule has 0 aliphatic carbocycles. The maximum atomic E-state index is 13.7. The number of methoxy groups -OCH3 is 1. The summed E-state index contributed by atoms with van der Waals surface area (Å²) in [5.41, 5.74) is 2.04. The third kappa shape index (κ3) is 4.96. The number of unbranched alkanes of at least 4 members (excludes halogenated alkanes) is 4. The fourth-order valence-corrected chi connectivity index (χ4v) is 4.89. The molecule has 1 aromatic heterocycles. The highest BCUT2D eigenvalue weighted by Crippen LogP contribution is 2.41. The molecule has 6 nitrogen and oxygen atoms in total. The first-order chi connectivity index (χ1) is 17.4. The van der Waals surface area contributed by atoms with Crippen LogP contribution in [0.15, 0.2) is 39.5 Å². The molecule has 0 spiro atoms. The fraction of sp³-hybridized carbons (Fsp3) is 0.448. The third-order valence-electron chi connectivity index (χ3n) is 6.76. The van der Waals surface area contributed by atoms with Crippen LogP contribution in [0.5, 0.6) is 11.5 Å². The van der Waals surface area contributed by atoms with Gasteiger partial charge in [-0.05, 0) is 55.2 Å². The van der Waals surface area contributed by atoms with Gasteiger partial charge < -0.3 is 18.8 Å². The maximum Gasteiger partial charge on any atom is 0.290 e. The van der Waals surface area contributed by atoms with E-state index in [0.29, 0.717) is 46.2 Å². The van der Waals surface area contributed by atoms with Crippen LogP contribution >= 0.6 is 11.6 Å². The molecule has 1 atom stereocenters. The molecule has 0 saturated carbocycles. The van der Waals surface area contributed by atoms with Crippen molar-refractivity contribution in [2.24, 2.45) is 0 Å². The molecule has 1 aliphatic rings. The summed E-state index contributed by atoms with van der Waals surface area (Å²) in [6.07, 6.45) is 6.18. The highest BCUT2D eigenvalue weighted by molar-refractivity contribution is 6.32. The van der Waals surface area contributed by atoms with E-state index in [1.165, 1.54) is 12.8 Å². The van der Waals surface area contributed by atoms with Gasteiger partial charge in [0, 0.05) is 11.6 Å². The molecular weight excluding hydrogens is 478 g/mol. The van der Waals surface area contributed by atoms with E-state index in [4.69, 9.17) is 25.5 Å². The fourth-order valence-electron chi connectivity index (χ4n) is 4.73. The second kappa shape index (κ2) is 11.4. The summed E-state index contributed by atoms with van der Waals surface area (Å²) in [6, 6.07) is 8.39. The van der Waals surface area contributed by atoms with E-state index >= 15 is 0 Å². The van der Waals surface area contributed by atoms with Gasteiger partial charge in [0.2, 0.25) is 5.76 Å². The van der Waals surface area contributed by atoms with Crippen molar-refractivity contribution in [2.45, 2.75) is 65.3 Å². The van der Waals surface area contributed by atoms with Crippen molar-refractivity contribution in [2.75, 3.05) is 20.3 Å². The topological polar surface area (TPSA) is 69.0 Å². The molecular formula is C29H34ClNO5. The quantitative estimate of drug-likeness (QED) is 0.257. The van der Waals surface area contributed by atoms with E-state index < -0.39 is 6.04 Å². The molecule has 3 aromatic rings. The van der Waals surface area contributed by atoms with Gasteiger partial charge in [-0.3, -0.25) is 9.59 Å². The number of halogens is 1. The molecule has 192 valence electrons. The highest BCUT2D eigenvalue weighted by Gasteiger charge is 2.42. The molecule has 0 fully saturated rings. The summed E-state index contributed by atoms with van der Waals surface area (Å²) in [4.78, 5) is 29.0. The average molecular weight is 512 g/mol. The molecule has 1 amide bonds. The molecule has 0 bridgehead atoms. The minimum absolute atomic E-state index is 0.102. The van der Waals surface area contributed by atoms with E-state index in [9.17, 15) is 9.59 Å². The van der Waals surface area contributed by atoms with Crippen molar-refractivity contribution < 1.29 is 18.7 Å². The van der Waals surface area contributed by atoms with Crippen LogP contribution < -0.4 is 14.9 Å². The highest BCUT2D eigenvalue weighted by atomic mass is 35.5. The summed E-state index contributed by atoms with van der Waals surface area (Å²) >= 11 is 6.33. The predicted molar refractivity (Wildman–Crippen MR) is 143 cm³/mol. The molecule has 2 aromatic carbocycles. The lowest BCUT2D eigenvalue weighted by Gasteiger charge is -2.25. The second-order valence-corrected chi connectivity index (χ2v) is 9.75. The van der Waals surface area contributed by atoms with Crippen LogP contribution in [0.25, 0.3) is 11.0 Å². The summed E-state index contributed by atoms with van der Waals surface area (Å²) in [5, 5.41) is 0.860. The molecule has 7 heteroatoms. The second-order valence-electron chi connectivity index (χ2n) is 9.35. The lowest BCUT2D eigenvalue weighted by molar-refractivity contribution is 0.0725. The van der Waals surface area contributed by atoms with Crippen LogP contribution in [0.1, 0.15) is 85.7 Å². The number of ether oxygens (including phenoxy) is 2. The number of amides is 1. The Morgan fingerprint density at radius 2 is 1.78 bits per heavy atom. The average Bonchev–Trinajstić information content (AvgIpc) is 3.15. The molecule has 1 aliphatic heterocycles. The largest absolute Gasteiger partial charge is 0.493 e. The number of benzene rings is 2. The minimum atomic E-state index is -0.577. The normalized spacial score (nSPS) is 15.0.